The first-order valence-corrected chi connectivity index (χ1v) is 12.5. The number of nitrogens with zero attached hydrogens (tertiary/aromatic N) is 3. The quantitative estimate of drug-likeness (QED) is 0.575. The van der Waals surface area contributed by atoms with Gasteiger partial charge in [0, 0.05) is 73.6 Å². The Morgan fingerprint density at radius 2 is 1.97 bits per heavy atom. The molecule has 2 saturated heterocycles. The SMILES string of the molecule is [2H]C([2H])(C)c1cc2c(cc1N1CCC(N3C([2H])([2H])COCC3([2H])[2H])CC1)C(C)(C)c1[nH]c3cc(C#N)ccc3c1C2=O. The van der Waals surface area contributed by atoms with E-state index in [1.165, 1.54) is 11.8 Å². The summed E-state index contributed by atoms with van der Waals surface area (Å²) < 4.78 is 56.2. The van der Waals surface area contributed by atoms with Crippen molar-refractivity contribution >= 4 is 22.4 Å². The van der Waals surface area contributed by atoms with Crippen LogP contribution in [0.5, 0.6) is 0 Å². The number of H-pyrrole nitrogens is 1. The van der Waals surface area contributed by atoms with E-state index in [0.717, 1.165) is 16.6 Å². The highest BCUT2D eigenvalue weighted by Crippen LogP contribution is 2.46. The summed E-state index contributed by atoms with van der Waals surface area (Å²) in [7, 11) is 0. The zero-order valence-corrected chi connectivity index (χ0v) is 20.9. The van der Waals surface area contributed by atoms with Crippen molar-refractivity contribution in [2.45, 2.75) is 51.4 Å². The number of hydrogen-bond donors (Lipinski definition) is 1. The van der Waals surface area contributed by atoms with Gasteiger partial charge in [0.05, 0.1) is 30.4 Å². The van der Waals surface area contributed by atoms with Gasteiger partial charge in [0.15, 0.2) is 5.78 Å². The van der Waals surface area contributed by atoms with Crippen LogP contribution >= 0.6 is 0 Å². The van der Waals surface area contributed by atoms with E-state index in [2.05, 4.69) is 16.0 Å². The molecule has 0 bridgehead atoms. The number of morpholine rings is 1. The second kappa shape index (κ2) is 8.76. The molecule has 3 heterocycles. The molecule has 2 aromatic carbocycles. The maximum Gasteiger partial charge on any atom is 0.195 e. The predicted octanol–water partition coefficient (Wildman–Crippen LogP) is 4.77. The molecule has 3 aliphatic rings. The molecular formula is C30H34N4O2. The molecule has 0 atom stereocenters. The first-order valence-electron chi connectivity index (χ1n) is 15.5. The van der Waals surface area contributed by atoms with Crippen molar-refractivity contribution in [3.8, 4) is 6.07 Å². The van der Waals surface area contributed by atoms with E-state index in [0.29, 0.717) is 59.4 Å². The minimum absolute atomic E-state index is 0.178. The van der Waals surface area contributed by atoms with Gasteiger partial charge in [0.1, 0.15) is 0 Å². The minimum Gasteiger partial charge on any atom is -0.379 e. The number of ketones is 1. The molecule has 2 fully saturated rings. The maximum atomic E-state index is 14.0. The summed E-state index contributed by atoms with van der Waals surface area (Å²) in [6.07, 6.45) is -0.747. The van der Waals surface area contributed by atoms with E-state index in [1.54, 1.807) is 24.3 Å². The first-order chi connectivity index (χ1) is 19.6. The third-order valence-corrected chi connectivity index (χ3v) is 7.95. The smallest absolute Gasteiger partial charge is 0.195 e. The van der Waals surface area contributed by atoms with Gasteiger partial charge in [-0.25, -0.2) is 0 Å². The fourth-order valence-electron chi connectivity index (χ4n) is 5.96. The number of fused-ring (bicyclic) bond motifs is 4. The zero-order valence-electron chi connectivity index (χ0n) is 26.9. The van der Waals surface area contributed by atoms with Crippen LogP contribution in [0, 0.1) is 11.3 Å². The van der Waals surface area contributed by atoms with Gasteiger partial charge in [-0.05, 0) is 54.6 Å². The van der Waals surface area contributed by atoms with Crippen LogP contribution in [0.15, 0.2) is 30.3 Å². The number of carbonyl (C=O) groups excluding carboxylic acids is 1. The molecule has 6 rings (SSSR count). The van der Waals surface area contributed by atoms with Gasteiger partial charge in [-0.1, -0.05) is 26.8 Å². The van der Waals surface area contributed by atoms with Gasteiger partial charge in [-0.3, -0.25) is 9.69 Å². The summed E-state index contributed by atoms with van der Waals surface area (Å²) in [5.74, 6) is -0.178. The summed E-state index contributed by atoms with van der Waals surface area (Å²) in [6.45, 7) is 2.30. The van der Waals surface area contributed by atoms with Crippen molar-refractivity contribution in [2.24, 2.45) is 0 Å². The van der Waals surface area contributed by atoms with E-state index < -0.39 is 24.8 Å². The Morgan fingerprint density at radius 3 is 2.67 bits per heavy atom. The number of rotatable bonds is 3. The average molecular weight is 489 g/mol. The lowest BCUT2D eigenvalue weighted by molar-refractivity contribution is 0.0115. The molecule has 0 saturated carbocycles. The van der Waals surface area contributed by atoms with Gasteiger partial charge >= 0.3 is 0 Å². The Kier molecular flexibility index (Phi) is 4.22. The van der Waals surface area contributed by atoms with Gasteiger partial charge < -0.3 is 14.6 Å². The molecule has 2 aliphatic heterocycles. The molecule has 1 aliphatic carbocycles. The van der Waals surface area contributed by atoms with Crippen molar-refractivity contribution in [3.05, 3.63) is 63.8 Å². The van der Waals surface area contributed by atoms with Crippen molar-refractivity contribution < 1.29 is 17.8 Å². The third kappa shape index (κ3) is 3.56. The number of aryl methyl sites for hydroxylation is 1. The van der Waals surface area contributed by atoms with Crippen LogP contribution in [0.3, 0.4) is 0 Å². The third-order valence-electron chi connectivity index (χ3n) is 7.95. The number of hydrogen-bond acceptors (Lipinski definition) is 5. The number of ether oxygens (including phenoxy) is 1. The second-order valence-corrected chi connectivity index (χ2v) is 10.3. The van der Waals surface area contributed by atoms with Crippen LogP contribution in [-0.4, -0.2) is 61.0 Å². The topological polar surface area (TPSA) is 72.4 Å². The highest BCUT2D eigenvalue weighted by Gasteiger charge is 2.40. The normalized spacial score (nSPS) is 25.9. The lowest BCUT2D eigenvalue weighted by Gasteiger charge is -2.42. The van der Waals surface area contributed by atoms with Gasteiger partial charge in [-0.2, -0.15) is 5.26 Å². The highest BCUT2D eigenvalue weighted by molar-refractivity contribution is 6.20. The summed E-state index contributed by atoms with van der Waals surface area (Å²) in [5.41, 5.74) is 4.27. The first kappa shape index (κ1) is 17.3. The van der Waals surface area contributed by atoms with Crippen LogP contribution in [0.25, 0.3) is 10.9 Å². The molecule has 6 nitrogen and oxygen atoms in total. The zero-order chi connectivity index (χ0) is 30.4. The van der Waals surface area contributed by atoms with E-state index in [-0.39, 0.29) is 25.0 Å². The highest BCUT2D eigenvalue weighted by atomic mass is 16.5. The Morgan fingerprint density at radius 1 is 1.22 bits per heavy atom. The number of nitrogens with one attached hydrogen (secondary N) is 1. The van der Waals surface area contributed by atoms with Gasteiger partial charge in [0.25, 0.3) is 0 Å². The largest absolute Gasteiger partial charge is 0.379 e. The number of carbonyl (C=O) groups is 1. The Hall–Kier alpha value is -3.14. The summed E-state index contributed by atoms with van der Waals surface area (Å²) in [4.78, 5) is 20.8. The van der Waals surface area contributed by atoms with E-state index in [1.807, 2.05) is 19.9 Å². The average Bonchev–Trinajstić information content (AvgIpc) is 3.30. The number of aromatic nitrogens is 1. The lowest BCUT2D eigenvalue weighted by atomic mass is 9.70. The summed E-state index contributed by atoms with van der Waals surface area (Å²) in [5, 5.41) is 10.1. The molecule has 0 amide bonds. The van der Waals surface area contributed by atoms with Crippen LogP contribution in [0.4, 0.5) is 5.69 Å². The Labute approximate surface area is 221 Å². The maximum absolute atomic E-state index is 14.0. The fraction of sp³-hybridized carbons (Fsp3) is 0.467. The number of benzene rings is 2. The standard InChI is InChI=1S/C30H34N4O2/c1-4-20-16-23-24(17-26(20)34-9-7-21(8-10-34)33-11-13-36-14-12-33)30(2,3)29-27(28(23)35)22-6-5-19(18-31)15-25(22)32-29/h5-6,15-17,21,32H,4,7-14H2,1-3H3/i4D2,11D2,12D2. The van der Waals surface area contributed by atoms with Crippen molar-refractivity contribution in [1.29, 1.82) is 5.26 Å². The predicted molar refractivity (Wildman–Crippen MR) is 142 cm³/mol. The molecule has 1 aromatic heterocycles. The summed E-state index contributed by atoms with van der Waals surface area (Å²) in [6, 6.07) is 10.7. The summed E-state index contributed by atoms with van der Waals surface area (Å²) >= 11 is 0. The van der Waals surface area contributed by atoms with Crippen molar-refractivity contribution in [1.82, 2.24) is 9.88 Å². The molecule has 1 N–H and O–H groups in total. The van der Waals surface area contributed by atoms with Crippen LogP contribution in [0.2, 0.25) is 0 Å². The lowest BCUT2D eigenvalue weighted by Crippen LogP contribution is -2.49. The van der Waals surface area contributed by atoms with Gasteiger partial charge in [-0.15, -0.1) is 0 Å². The van der Waals surface area contributed by atoms with Crippen molar-refractivity contribution in [2.75, 3.05) is 44.2 Å². The van der Waals surface area contributed by atoms with Crippen LogP contribution in [0.1, 0.15) is 80.1 Å². The van der Waals surface area contributed by atoms with Crippen molar-refractivity contribution in [3.63, 3.8) is 0 Å². The molecular weight excluding hydrogens is 448 g/mol. The number of aromatic amines is 1. The molecule has 0 unspecified atom stereocenters. The second-order valence-electron chi connectivity index (χ2n) is 10.3. The molecule has 3 aromatic rings. The van der Waals surface area contributed by atoms with E-state index in [4.69, 9.17) is 13.0 Å². The van der Waals surface area contributed by atoms with E-state index in [9.17, 15) is 10.1 Å². The van der Waals surface area contributed by atoms with Crippen LogP contribution < -0.4 is 4.90 Å². The number of piperidine rings is 1. The Balaban J connectivity index is 1.40. The molecule has 6 heteroatoms. The number of anilines is 1. The fourth-order valence-corrected chi connectivity index (χ4v) is 5.96. The van der Waals surface area contributed by atoms with Crippen LogP contribution in [-0.2, 0) is 16.5 Å². The molecule has 0 spiro atoms. The van der Waals surface area contributed by atoms with E-state index >= 15 is 0 Å². The Bertz CT molecular complexity index is 1630. The number of nitriles is 1. The molecule has 186 valence electrons. The van der Waals surface area contributed by atoms with Gasteiger partial charge in [0.2, 0.25) is 0 Å². The molecule has 36 heavy (non-hydrogen) atoms. The monoisotopic (exact) mass is 488 g/mol. The molecule has 0 radical (unpaired) electrons. The minimum atomic E-state index is -1.93.